The quantitative estimate of drug-likeness (QED) is 0.101. The maximum absolute atomic E-state index is 15.6. The average molecular weight is 909 g/mol. The van der Waals surface area contributed by atoms with E-state index in [2.05, 4.69) is 20.2 Å². The van der Waals surface area contributed by atoms with Gasteiger partial charge in [0.15, 0.2) is 11.6 Å². The molecule has 0 unspecified atom stereocenters. The Morgan fingerprint density at radius 2 is 1.77 bits per heavy atom. The molecule has 0 atom stereocenters. The van der Waals surface area contributed by atoms with Crippen molar-refractivity contribution in [2.75, 3.05) is 58.4 Å². The van der Waals surface area contributed by atoms with Crippen molar-refractivity contribution in [3.8, 4) is 5.75 Å². The van der Waals surface area contributed by atoms with E-state index in [0.717, 1.165) is 52.1 Å². The summed E-state index contributed by atoms with van der Waals surface area (Å²) in [5.41, 5.74) is -5.32. The molecule has 3 aliphatic heterocycles. The molecule has 3 heterocycles. The molecule has 3 aliphatic rings. The number of amides is 2. The van der Waals surface area contributed by atoms with Gasteiger partial charge in [-0.25, -0.2) is 14.4 Å². The number of halogens is 8. The van der Waals surface area contributed by atoms with E-state index < -0.39 is 80.2 Å². The number of nitrogens with one attached hydrogen (secondary N) is 1. The van der Waals surface area contributed by atoms with Crippen LogP contribution in [0.3, 0.4) is 0 Å². The van der Waals surface area contributed by atoms with Crippen LogP contribution in [-0.2, 0) is 24.8 Å². The van der Waals surface area contributed by atoms with Gasteiger partial charge in [0.1, 0.15) is 24.3 Å². The van der Waals surface area contributed by atoms with E-state index in [-0.39, 0.29) is 48.6 Å². The highest BCUT2D eigenvalue weighted by atomic mass is 127. The number of morpholine rings is 1. The smallest absolute Gasteiger partial charge is 0.412 e. The highest BCUT2D eigenvalue weighted by Crippen LogP contribution is 2.41. The number of hydrogen-bond donors (Lipinski definition) is 2. The largest absolute Gasteiger partial charge is 0.509 e. The van der Waals surface area contributed by atoms with Gasteiger partial charge in [0, 0.05) is 78.1 Å². The Labute approximate surface area is 332 Å². The third kappa shape index (κ3) is 9.21. The summed E-state index contributed by atoms with van der Waals surface area (Å²) in [6.45, 7) is 5.50. The fourth-order valence-electron chi connectivity index (χ4n) is 6.70. The number of alkyl halides is 6. The lowest BCUT2D eigenvalue weighted by atomic mass is 9.84. The Kier molecular flexibility index (Phi) is 13.5. The van der Waals surface area contributed by atoms with Crippen molar-refractivity contribution < 1.29 is 54.9 Å². The van der Waals surface area contributed by atoms with Crippen LogP contribution in [0.1, 0.15) is 49.8 Å². The van der Waals surface area contributed by atoms with Gasteiger partial charge in [-0.1, -0.05) is 26.0 Å². The number of aliphatic imine (C=N–C) groups is 2. The molecule has 5 rings (SSSR count). The van der Waals surface area contributed by atoms with Gasteiger partial charge in [-0.05, 0) is 43.5 Å². The molecule has 0 aliphatic carbocycles. The van der Waals surface area contributed by atoms with Gasteiger partial charge in [-0.3, -0.25) is 24.5 Å². The number of allylic oxidation sites excluding steroid dienone is 1. The van der Waals surface area contributed by atoms with Gasteiger partial charge in [-0.2, -0.15) is 26.3 Å². The topological polar surface area (TPSA) is 119 Å². The fourth-order valence-corrected chi connectivity index (χ4v) is 7.04. The third-order valence-corrected chi connectivity index (χ3v) is 10.7. The van der Waals surface area contributed by atoms with Crippen molar-refractivity contribution in [1.29, 1.82) is 0 Å². The monoisotopic (exact) mass is 908 g/mol. The molecule has 304 valence electrons. The number of ether oxygens (including phenoxy) is 2. The summed E-state index contributed by atoms with van der Waals surface area (Å²) in [4.78, 5) is 38.0. The Balaban J connectivity index is 1.49. The molecular formula is C37H40F7IN6O5. The molecule has 2 aromatic carbocycles. The van der Waals surface area contributed by atoms with Gasteiger partial charge in [0.25, 0.3) is 11.8 Å². The van der Waals surface area contributed by atoms with Crippen LogP contribution in [0.4, 0.5) is 36.4 Å². The molecule has 0 bridgehead atoms. The molecule has 0 saturated carbocycles. The molecule has 0 spiro atoms. The number of carbonyl (C=O) groups is 2. The van der Waals surface area contributed by atoms with E-state index >= 15 is 8.78 Å². The number of hydrogen-bond acceptors (Lipinski definition) is 9. The molecule has 11 nitrogen and oxygen atoms in total. The molecule has 2 amide bonds. The van der Waals surface area contributed by atoms with Crippen molar-refractivity contribution in [3.63, 3.8) is 0 Å². The Morgan fingerprint density at radius 3 is 2.41 bits per heavy atom. The van der Waals surface area contributed by atoms with Gasteiger partial charge in [0.05, 0.1) is 36.7 Å². The number of rotatable bonds is 12. The van der Waals surface area contributed by atoms with E-state index in [0.29, 0.717) is 38.9 Å². The molecule has 0 aromatic heterocycles. The van der Waals surface area contributed by atoms with Crippen molar-refractivity contribution in [1.82, 2.24) is 14.9 Å². The summed E-state index contributed by atoms with van der Waals surface area (Å²) in [6.07, 6.45) is -3.49. The van der Waals surface area contributed by atoms with Crippen molar-refractivity contribution in [2.24, 2.45) is 9.98 Å². The molecule has 2 aromatic rings. The van der Waals surface area contributed by atoms with Gasteiger partial charge in [-0.15, -0.1) is 0 Å². The van der Waals surface area contributed by atoms with Crippen LogP contribution in [0.2, 0.25) is 0 Å². The maximum Gasteiger partial charge on any atom is 0.412 e. The number of carbonyl (C=O) groups excluding carboxylic acids is 2. The van der Waals surface area contributed by atoms with Crippen LogP contribution in [0.15, 0.2) is 63.3 Å². The fraction of sp³-hybridized carbons (Fsp3) is 0.459. The van der Waals surface area contributed by atoms with Crippen LogP contribution in [-0.4, -0.2) is 109 Å². The first-order chi connectivity index (χ1) is 26.4. The summed E-state index contributed by atoms with van der Waals surface area (Å²) in [5.74, 6) is -5.97. The second-order valence-electron chi connectivity index (χ2n) is 13.2. The highest BCUT2D eigenvalue weighted by Gasteiger charge is 2.50. The predicted octanol–water partition coefficient (Wildman–Crippen LogP) is 7.07. The van der Waals surface area contributed by atoms with Crippen molar-refractivity contribution in [2.45, 2.75) is 55.3 Å². The average Bonchev–Trinajstić information content (AvgIpc) is 3.13. The minimum Gasteiger partial charge on any atom is -0.509 e. The summed E-state index contributed by atoms with van der Waals surface area (Å²) in [7, 11) is 1.44. The number of aliphatic hydroxyl groups is 1. The summed E-state index contributed by atoms with van der Waals surface area (Å²) >= 11 is 0.843. The van der Waals surface area contributed by atoms with Crippen molar-refractivity contribution in [3.05, 3.63) is 81.6 Å². The molecule has 2 N–H and O–H groups in total. The van der Waals surface area contributed by atoms with Gasteiger partial charge in [0.2, 0.25) is 5.82 Å². The number of likely N-dealkylation sites (N-methyl/N-ethyl adjacent to an activating group) is 1. The van der Waals surface area contributed by atoms with E-state index in [9.17, 15) is 36.6 Å². The first-order valence-corrected chi connectivity index (χ1v) is 18.8. The zero-order valence-corrected chi connectivity index (χ0v) is 32.8. The Hall–Kier alpha value is -4.08. The first-order valence-electron chi connectivity index (χ1n) is 17.7. The Bertz CT molecular complexity index is 1940. The van der Waals surface area contributed by atoms with E-state index in [1.54, 1.807) is 13.8 Å². The van der Waals surface area contributed by atoms with Crippen molar-refractivity contribution >= 4 is 52.1 Å². The highest BCUT2D eigenvalue weighted by molar-refractivity contribution is 14.1. The number of aliphatic hydroxyl groups excluding tert-OH is 1. The number of anilines is 1. The van der Waals surface area contributed by atoms with Gasteiger partial charge < -0.3 is 19.9 Å². The standard InChI is InChI=1S/C37H40F7IN6O5/c1-4-35(5-2)32(52)29(34(54)51(49(35)3)20-22-6-9-28(31(39)30(22)38)56-17-14-50-12-15-55-16-13-50)33(53)48-26-8-7-24(37(43,44)45)18-25(26)27-19-23(36(40,41)42)10-11-46-21-47-27/h6-9,18-19,21,52H,4-5,10-17,20H2,1-3H3,(H,48,53). The summed E-state index contributed by atoms with van der Waals surface area (Å²) in [6, 6.07) is 5.26. The van der Waals surface area contributed by atoms with Crippen LogP contribution >= 0.6 is 22.6 Å². The molecule has 0 radical (unpaired) electrons. The first kappa shape index (κ1) is 43.1. The van der Waals surface area contributed by atoms with Crippen LogP contribution < -0.4 is 10.1 Å². The third-order valence-electron chi connectivity index (χ3n) is 10.1. The lowest BCUT2D eigenvalue weighted by molar-refractivity contribution is -0.164. The molecular weight excluding hydrogens is 868 g/mol. The lowest BCUT2D eigenvalue weighted by Gasteiger charge is -2.49. The second-order valence-corrected chi connectivity index (χ2v) is 14.5. The van der Waals surface area contributed by atoms with E-state index in [1.807, 2.05) is 0 Å². The van der Waals surface area contributed by atoms with Crippen LogP contribution in [0.5, 0.6) is 5.75 Å². The summed E-state index contributed by atoms with van der Waals surface area (Å²) < 4.78 is 109. The zero-order valence-electron chi connectivity index (χ0n) is 30.7. The number of benzene rings is 2. The number of hydrazine groups is 1. The Morgan fingerprint density at radius 1 is 1.07 bits per heavy atom. The second kappa shape index (κ2) is 17.6. The molecule has 19 heteroatoms. The molecule has 56 heavy (non-hydrogen) atoms. The number of nitrogens with zero attached hydrogens (tertiary/aromatic N) is 5. The van der Waals surface area contributed by atoms with Crippen LogP contribution in [0, 0.1) is 11.6 Å². The van der Waals surface area contributed by atoms with Crippen LogP contribution in [0.25, 0.3) is 0 Å². The summed E-state index contributed by atoms with van der Waals surface area (Å²) in [5, 5.41) is 16.3. The normalized spacial score (nSPS) is 18.7. The zero-order chi connectivity index (χ0) is 41.0. The molecule has 1 saturated heterocycles. The van der Waals surface area contributed by atoms with E-state index in [1.165, 1.54) is 24.2 Å². The lowest BCUT2D eigenvalue weighted by Crippen LogP contribution is -2.62. The SMILES string of the molecule is CCC1(CC)C(O)=C(C(=O)Nc2ccc(C(F)(F)I)cc2C2=NC=NCCC(C(F)(F)F)=C2)C(=O)N(Cc2ccc(OCCN3CCOCC3)c(F)c2F)N1C. The predicted molar refractivity (Wildman–Crippen MR) is 202 cm³/mol. The minimum atomic E-state index is -4.81. The van der Waals surface area contributed by atoms with Gasteiger partial charge >= 0.3 is 10.1 Å². The van der Waals surface area contributed by atoms with E-state index in [4.69, 9.17) is 9.47 Å². The minimum absolute atomic E-state index is 0.0762. The maximum atomic E-state index is 15.6. The molecule has 1 fully saturated rings.